The molecular weight excluding hydrogens is 294 g/mol. The van der Waals surface area contributed by atoms with Gasteiger partial charge in [0, 0.05) is 39.9 Å². The summed E-state index contributed by atoms with van der Waals surface area (Å²) in [6.45, 7) is 1.70. The van der Waals surface area contributed by atoms with Crippen molar-refractivity contribution < 1.29 is 14.3 Å². The molecule has 0 saturated heterocycles. The fourth-order valence-corrected chi connectivity index (χ4v) is 2.03. The van der Waals surface area contributed by atoms with E-state index in [0.29, 0.717) is 19.4 Å². The third kappa shape index (κ3) is 8.32. The first kappa shape index (κ1) is 19.1. The predicted molar refractivity (Wildman–Crippen MR) is 91.4 cm³/mol. The number of carbonyl (C=O) groups is 2. The van der Waals surface area contributed by atoms with Gasteiger partial charge in [0.1, 0.15) is 0 Å². The number of ether oxygens (including phenoxy) is 1. The molecule has 23 heavy (non-hydrogen) atoms. The number of benzene rings is 1. The fraction of sp³-hybridized carbons (Fsp3) is 0.529. The normalized spacial score (nSPS) is 10.4. The maximum Gasteiger partial charge on any atom is 0.238 e. The Labute approximate surface area is 138 Å². The predicted octanol–water partition coefficient (Wildman–Crippen LogP) is 1.27. The summed E-state index contributed by atoms with van der Waals surface area (Å²) in [5, 5.41) is 5.92. The highest BCUT2D eigenvalue weighted by Gasteiger charge is 2.06. The van der Waals surface area contributed by atoms with E-state index in [2.05, 4.69) is 10.6 Å². The average molecular weight is 321 g/mol. The monoisotopic (exact) mass is 321 g/mol. The van der Waals surface area contributed by atoms with Gasteiger partial charge in [0.2, 0.25) is 11.8 Å². The zero-order valence-electron chi connectivity index (χ0n) is 14.2. The molecule has 0 radical (unpaired) electrons. The van der Waals surface area contributed by atoms with Crippen molar-refractivity contribution in [2.24, 2.45) is 0 Å². The summed E-state index contributed by atoms with van der Waals surface area (Å²) in [4.78, 5) is 25.0. The van der Waals surface area contributed by atoms with Gasteiger partial charge in [-0.3, -0.25) is 9.59 Å². The average Bonchev–Trinajstić information content (AvgIpc) is 2.52. The molecular formula is C17H27N3O3. The van der Waals surface area contributed by atoms with Crippen LogP contribution >= 0.6 is 0 Å². The van der Waals surface area contributed by atoms with Crippen molar-refractivity contribution in [3.8, 4) is 0 Å². The van der Waals surface area contributed by atoms with Gasteiger partial charge in [0.15, 0.2) is 0 Å². The van der Waals surface area contributed by atoms with Crippen LogP contribution in [0.2, 0.25) is 0 Å². The van der Waals surface area contributed by atoms with Gasteiger partial charge in [-0.1, -0.05) is 12.1 Å². The summed E-state index contributed by atoms with van der Waals surface area (Å²) in [5.74, 6) is 0.0173. The number of methoxy groups -OCH3 is 1. The van der Waals surface area contributed by atoms with Crippen LogP contribution in [0, 0.1) is 0 Å². The Morgan fingerprint density at radius 2 is 2.04 bits per heavy atom. The first-order valence-electron chi connectivity index (χ1n) is 7.81. The molecule has 1 rings (SSSR count). The maximum atomic E-state index is 11.8. The quantitative estimate of drug-likeness (QED) is 0.637. The number of nitrogens with one attached hydrogen (secondary N) is 2. The second kappa shape index (κ2) is 10.7. The first-order chi connectivity index (χ1) is 11.0. The molecule has 0 aromatic heterocycles. The molecule has 0 fully saturated rings. The SMILES string of the molecule is COCCCNCC(=O)Nc1cccc(CCC(=O)N(C)C)c1. The summed E-state index contributed by atoms with van der Waals surface area (Å²) in [7, 11) is 5.16. The van der Waals surface area contributed by atoms with Crippen LogP contribution in [-0.2, 0) is 20.7 Å². The zero-order valence-corrected chi connectivity index (χ0v) is 14.2. The standard InChI is InChI=1S/C17H27N3O3/c1-20(2)17(22)9-8-14-6-4-7-15(12-14)19-16(21)13-18-10-5-11-23-3/h4,6-7,12,18H,5,8-11,13H2,1-3H3,(H,19,21). The number of anilines is 1. The van der Waals surface area contributed by atoms with Gasteiger partial charge in [-0.25, -0.2) is 0 Å². The van der Waals surface area contributed by atoms with E-state index in [0.717, 1.165) is 24.2 Å². The van der Waals surface area contributed by atoms with Crippen LogP contribution in [0.25, 0.3) is 0 Å². The van der Waals surface area contributed by atoms with Crippen molar-refractivity contribution in [3.05, 3.63) is 29.8 Å². The highest BCUT2D eigenvalue weighted by atomic mass is 16.5. The second-order valence-electron chi connectivity index (χ2n) is 5.56. The molecule has 0 aliphatic carbocycles. The van der Waals surface area contributed by atoms with E-state index in [1.54, 1.807) is 26.1 Å². The van der Waals surface area contributed by atoms with Crippen molar-refractivity contribution in [1.82, 2.24) is 10.2 Å². The van der Waals surface area contributed by atoms with E-state index in [1.807, 2.05) is 24.3 Å². The van der Waals surface area contributed by atoms with Crippen molar-refractivity contribution >= 4 is 17.5 Å². The van der Waals surface area contributed by atoms with E-state index < -0.39 is 0 Å². The van der Waals surface area contributed by atoms with E-state index in [4.69, 9.17) is 4.74 Å². The van der Waals surface area contributed by atoms with Crippen molar-refractivity contribution in [2.45, 2.75) is 19.3 Å². The number of hydrogen-bond donors (Lipinski definition) is 2. The lowest BCUT2D eigenvalue weighted by molar-refractivity contribution is -0.128. The largest absolute Gasteiger partial charge is 0.385 e. The molecule has 0 atom stereocenters. The molecule has 0 saturated carbocycles. The van der Waals surface area contributed by atoms with Gasteiger partial charge in [-0.05, 0) is 37.1 Å². The second-order valence-corrected chi connectivity index (χ2v) is 5.56. The summed E-state index contributed by atoms with van der Waals surface area (Å²) in [5.41, 5.74) is 1.79. The van der Waals surface area contributed by atoms with Gasteiger partial charge in [-0.15, -0.1) is 0 Å². The highest BCUT2D eigenvalue weighted by molar-refractivity contribution is 5.92. The van der Waals surface area contributed by atoms with Crippen molar-refractivity contribution in [1.29, 1.82) is 0 Å². The van der Waals surface area contributed by atoms with Gasteiger partial charge in [0.05, 0.1) is 6.54 Å². The lowest BCUT2D eigenvalue weighted by Gasteiger charge is -2.11. The van der Waals surface area contributed by atoms with E-state index in [1.165, 1.54) is 0 Å². The summed E-state index contributed by atoms with van der Waals surface area (Å²) in [6.07, 6.45) is 2.00. The van der Waals surface area contributed by atoms with E-state index in [-0.39, 0.29) is 18.4 Å². The minimum absolute atomic E-state index is 0.0797. The molecule has 1 aromatic rings. The van der Waals surface area contributed by atoms with Gasteiger partial charge < -0.3 is 20.3 Å². The number of hydrogen-bond acceptors (Lipinski definition) is 4. The highest BCUT2D eigenvalue weighted by Crippen LogP contribution is 2.12. The smallest absolute Gasteiger partial charge is 0.238 e. The number of rotatable bonds is 10. The molecule has 0 aliphatic heterocycles. The number of carbonyl (C=O) groups excluding carboxylic acids is 2. The van der Waals surface area contributed by atoms with Crippen LogP contribution in [0.15, 0.2) is 24.3 Å². The van der Waals surface area contributed by atoms with E-state index in [9.17, 15) is 9.59 Å². The number of nitrogens with zero attached hydrogens (tertiary/aromatic N) is 1. The Kier molecular flexibility index (Phi) is 8.94. The molecule has 2 amide bonds. The van der Waals surface area contributed by atoms with Crippen LogP contribution < -0.4 is 10.6 Å². The molecule has 6 nitrogen and oxygen atoms in total. The molecule has 0 bridgehead atoms. The first-order valence-corrected chi connectivity index (χ1v) is 7.81. The van der Waals surface area contributed by atoms with Gasteiger partial charge >= 0.3 is 0 Å². The van der Waals surface area contributed by atoms with Gasteiger partial charge in [-0.2, -0.15) is 0 Å². The summed E-state index contributed by atoms with van der Waals surface area (Å²) >= 11 is 0. The lowest BCUT2D eigenvalue weighted by atomic mass is 10.1. The fourth-order valence-electron chi connectivity index (χ4n) is 2.03. The minimum Gasteiger partial charge on any atom is -0.385 e. The van der Waals surface area contributed by atoms with Crippen molar-refractivity contribution in [2.75, 3.05) is 46.2 Å². The van der Waals surface area contributed by atoms with E-state index >= 15 is 0 Å². The Morgan fingerprint density at radius 3 is 2.74 bits per heavy atom. The Hall–Kier alpha value is -1.92. The van der Waals surface area contributed by atoms with Crippen LogP contribution in [0.5, 0.6) is 0 Å². The number of amides is 2. The van der Waals surface area contributed by atoms with Crippen LogP contribution in [0.4, 0.5) is 5.69 Å². The summed E-state index contributed by atoms with van der Waals surface area (Å²) < 4.78 is 4.94. The molecule has 6 heteroatoms. The molecule has 0 heterocycles. The topological polar surface area (TPSA) is 70.7 Å². The zero-order chi connectivity index (χ0) is 17.1. The minimum atomic E-state index is -0.0797. The van der Waals surface area contributed by atoms with Gasteiger partial charge in [0.25, 0.3) is 0 Å². The molecule has 128 valence electrons. The Morgan fingerprint density at radius 1 is 1.26 bits per heavy atom. The molecule has 0 aliphatic rings. The van der Waals surface area contributed by atoms with Crippen LogP contribution in [0.3, 0.4) is 0 Å². The maximum absolute atomic E-state index is 11.8. The third-order valence-corrected chi connectivity index (χ3v) is 3.32. The van der Waals surface area contributed by atoms with Crippen LogP contribution in [0.1, 0.15) is 18.4 Å². The Balaban J connectivity index is 2.38. The number of aryl methyl sites for hydroxylation is 1. The molecule has 2 N–H and O–H groups in total. The Bertz CT molecular complexity index is 504. The van der Waals surface area contributed by atoms with Crippen LogP contribution in [-0.4, -0.2) is 57.6 Å². The summed E-state index contributed by atoms with van der Waals surface area (Å²) in [6, 6.07) is 7.60. The third-order valence-electron chi connectivity index (χ3n) is 3.32. The molecule has 1 aromatic carbocycles. The van der Waals surface area contributed by atoms with Crippen molar-refractivity contribution in [3.63, 3.8) is 0 Å². The lowest BCUT2D eigenvalue weighted by Crippen LogP contribution is -2.29. The molecule has 0 unspecified atom stereocenters. The molecule has 0 spiro atoms.